The molecule has 1 aliphatic heterocycles. The van der Waals surface area contributed by atoms with Crippen LogP contribution in [0.25, 0.3) is 0 Å². The highest BCUT2D eigenvalue weighted by Gasteiger charge is 2.13. The molecule has 0 saturated carbocycles. The molecular formula is C12H26N2O. The number of nitrogens with one attached hydrogen (secondary N) is 1. The summed E-state index contributed by atoms with van der Waals surface area (Å²) >= 11 is 0. The molecule has 0 aliphatic carbocycles. The predicted molar refractivity (Wildman–Crippen MR) is 64.2 cm³/mol. The Morgan fingerprint density at radius 2 is 2.20 bits per heavy atom. The van der Waals surface area contributed by atoms with E-state index in [1.165, 1.54) is 32.4 Å². The summed E-state index contributed by atoms with van der Waals surface area (Å²) in [7, 11) is 2.18. The summed E-state index contributed by atoms with van der Waals surface area (Å²) in [5.41, 5.74) is 0. The number of nitrogens with zero attached hydrogens (tertiary/aromatic N) is 1. The predicted octanol–water partition coefficient (Wildman–Crippen LogP) is 1.49. The molecule has 0 aromatic rings. The first kappa shape index (κ1) is 12.9. The monoisotopic (exact) mass is 214 g/mol. The number of hydrogen-bond donors (Lipinski definition) is 1. The molecule has 1 heterocycles. The first-order chi connectivity index (χ1) is 7.18. The Morgan fingerprint density at radius 3 is 2.80 bits per heavy atom. The maximum atomic E-state index is 5.53. The zero-order valence-electron chi connectivity index (χ0n) is 10.5. The lowest BCUT2D eigenvalue weighted by atomic mass is 10.1. The fourth-order valence-corrected chi connectivity index (χ4v) is 1.94. The molecule has 0 amide bonds. The molecule has 1 atom stereocenters. The summed E-state index contributed by atoms with van der Waals surface area (Å²) < 4.78 is 5.53. The molecule has 3 nitrogen and oxygen atoms in total. The van der Waals surface area contributed by atoms with Crippen LogP contribution >= 0.6 is 0 Å². The van der Waals surface area contributed by atoms with Crippen LogP contribution in [0.4, 0.5) is 0 Å². The van der Waals surface area contributed by atoms with Crippen molar-refractivity contribution in [2.45, 2.75) is 45.3 Å². The average Bonchev–Trinajstić information content (AvgIpc) is 2.66. The standard InChI is InChI=1S/C12H26N2O/c1-11(2)15-10-9-14(3)8-6-12-5-4-7-13-12/h11-13H,4-10H2,1-3H3. The lowest BCUT2D eigenvalue weighted by Crippen LogP contribution is -2.30. The van der Waals surface area contributed by atoms with E-state index >= 15 is 0 Å². The van der Waals surface area contributed by atoms with E-state index in [1.807, 2.05) is 0 Å². The van der Waals surface area contributed by atoms with Crippen LogP contribution < -0.4 is 5.32 Å². The molecule has 1 N–H and O–H groups in total. The van der Waals surface area contributed by atoms with Gasteiger partial charge in [0, 0.05) is 12.6 Å². The Labute approximate surface area is 94.2 Å². The third kappa shape index (κ3) is 6.13. The molecular weight excluding hydrogens is 188 g/mol. The summed E-state index contributed by atoms with van der Waals surface area (Å²) in [6.45, 7) is 8.46. The van der Waals surface area contributed by atoms with Gasteiger partial charge in [-0.25, -0.2) is 0 Å². The molecule has 3 heteroatoms. The molecule has 90 valence electrons. The van der Waals surface area contributed by atoms with E-state index in [0.29, 0.717) is 6.10 Å². The second kappa shape index (κ2) is 7.20. The zero-order valence-corrected chi connectivity index (χ0v) is 10.5. The third-order valence-corrected chi connectivity index (χ3v) is 2.95. The SMILES string of the molecule is CC(C)OCCN(C)CCC1CCCN1. The third-order valence-electron chi connectivity index (χ3n) is 2.95. The molecule has 1 aliphatic rings. The summed E-state index contributed by atoms with van der Waals surface area (Å²) in [6.07, 6.45) is 4.34. The van der Waals surface area contributed by atoms with Gasteiger partial charge in [-0.05, 0) is 53.2 Å². The van der Waals surface area contributed by atoms with Crippen molar-refractivity contribution in [3.63, 3.8) is 0 Å². The van der Waals surface area contributed by atoms with Crippen LogP contribution in [-0.4, -0.2) is 50.3 Å². The Hall–Kier alpha value is -0.120. The van der Waals surface area contributed by atoms with Crippen molar-refractivity contribution in [2.24, 2.45) is 0 Å². The van der Waals surface area contributed by atoms with Crippen LogP contribution in [-0.2, 0) is 4.74 Å². The molecule has 1 unspecified atom stereocenters. The van der Waals surface area contributed by atoms with E-state index in [2.05, 4.69) is 31.1 Å². The van der Waals surface area contributed by atoms with Gasteiger partial charge in [-0.2, -0.15) is 0 Å². The van der Waals surface area contributed by atoms with Crippen LogP contribution in [0.15, 0.2) is 0 Å². The number of rotatable bonds is 7. The van der Waals surface area contributed by atoms with Crippen LogP contribution in [0.2, 0.25) is 0 Å². The molecule has 0 aromatic heterocycles. The van der Waals surface area contributed by atoms with Crippen molar-refractivity contribution in [1.29, 1.82) is 0 Å². The Morgan fingerprint density at radius 1 is 1.40 bits per heavy atom. The van der Waals surface area contributed by atoms with E-state index in [9.17, 15) is 0 Å². The Bertz CT molecular complexity index is 156. The molecule has 1 fully saturated rings. The average molecular weight is 214 g/mol. The van der Waals surface area contributed by atoms with E-state index in [1.54, 1.807) is 0 Å². The van der Waals surface area contributed by atoms with Gasteiger partial charge in [-0.3, -0.25) is 0 Å². The van der Waals surface area contributed by atoms with Crippen molar-refractivity contribution in [3.8, 4) is 0 Å². The van der Waals surface area contributed by atoms with Gasteiger partial charge in [-0.1, -0.05) is 0 Å². The molecule has 15 heavy (non-hydrogen) atoms. The molecule has 0 radical (unpaired) electrons. The minimum atomic E-state index is 0.356. The second-order valence-corrected chi connectivity index (χ2v) is 4.80. The topological polar surface area (TPSA) is 24.5 Å². The van der Waals surface area contributed by atoms with Crippen molar-refractivity contribution in [3.05, 3.63) is 0 Å². The lowest BCUT2D eigenvalue weighted by Gasteiger charge is -2.19. The highest BCUT2D eigenvalue weighted by molar-refractivity contribution is 4.74. The van der Waals surface area contributed by atoms with Crippen LogP contribution in [0.1, 0.15) is 33.1 Å². The molecule has 0 aromatic carbocycles. The maximum Gasteiger partial charge on any atom is 0.0596 e. The summed E-state index contributed by atoms with van der Waals surface area (Å²) in [4.78, 5) is 2.36. The largest absolute Gasteiger partial charge is 0.377 e. The van der Waals surface area contributed by atoms with E-state index in [-0.39, 0.29) is 0 Å². The Balaban J connectivity index is 1.95. The summed E-state index contributed by atoms with van der Waals surface area (Å²) in [5.74, 6) is 0. The number of ether oxygens (including phenoxy) is 1. The fourth-order valence-electron chi connectivity index (χ4n) is 1.94. The van der Waals surface area contributed by atoms with Crippen molar-refractivity contribution in [1.82, 2.24) is 10.2 Å². The minimum absolute atomic E-state index is 0.356. The second-order valence-electron chi connectivity index (χ2n) is 4.80. The van der Waals surface area contributed by atoms with Gasteiger partial charge >= 0.3 is 0 Å². The van der Waals surface area contributed by atoms with Crippen LogP contribution in [0, 0.1) is 0 Å². The fraction of sp³-hybridized carbons (Fsp3) is 1.00. The number of hydrogen-bond acceptors (Lipinski definition) is 3. The van der Waals surface area contributed by atoms with Crippen molar-refractivity contribution in [2.75, 3.05) is 33.3 Å². The van der Waals surface area contributed by atoms with Gasteiger partial charge in [-0.15, -0.1) is 0 Å². The first-order valence-electron chi connectivity index (χ1n) is 6.22. The van der Waals surface area contributed by atoms with Crippen molar-refractivity contribution < 1.29 is 4.74 Å². The van der Waals surface area contributed by atoms with Crippen LogP contribution in [0.3, 0.4) is 0 Å². The van der Waals surface area contributed by atoms with Gasteiger partial charge in [0.15, 0.2) is 0 Å². The lowest BCUT2D eigenvalue weighted by molar-refractivity contribution is 0.0633. The smallest absolute Gasteiger partial charge is 0.0596 e. The Kier molecular flexibility index (Phi) is 6.22. The highest BCUT2D eigenvalue weighted by Crippen LogP contribution is 2.08. The highest BCUT2D eigenvalue weighted by atomic mass is 16.5. The van der Waals surface area contributed by atoms with Gasteiger partial charge in [0.25, 0.3) is 0 Å². The quantitative estimate of drug-likeness (QED) is 0.695. The van der Waals surface area contributed by atoms with Gasteiger partial charge < -0.3 is 15.0 Å². The van der Waals surface area contributed by atoms with Gasteiger partial charge in [0.05, 0.1) is 12.7 Å². The normalized spacial score (nSPS) is 21.8. The van der Waals surface area contributed by atoms with Crippen molar-refractivity contribution >= 4 is 0 Å². The van der Waals surface area contributed by atoms with E-state index in [0.717, 1.165) is 19.2 Å². The van der Waals surface area contributed by atoms with E-state index < -0.39 is 0 Å². The summed E-state index contributed by atoms with van der Waals surface area (Å²) in [6, 6.07) is 0.762. The number of likely N-dealkylation sites (N-methyl/N-ethyl adjacent to an activating group) is 1. The maximum absolute atomic E-state index is 5.53. The van der Waals surface area contributed by atoms with Gasteiger partial charge in [0.2, 0.25) is 0 Å². The molecule has 1 saturated heterocycles. The zero-order chi connectivity index (χ0) is 11.1. The van der Waals surface area contributed by atoms with E-state index in [4.69, 9.17) is 4.74 Å². The minimum Gasteiger partial charge on any atom is -0.377 e. The summed E-state index contributed by atoms with van der Waals surface area (Å²) in [5, 5.41) is 3.53. The molecule has 1 rings (SSSR count). The van der Waals surface area contributed by atoms with Gasteiger partial charge in [0.1, 0.15) is 0 Å². The first-order valence-corrected chi connectivity index (χ1v) is 6.22. The molecule has 0 spiro atoms. The van der Waals surface area contributed by atoms with Crippen LogP contribution in [0.5, 0.6) is 0 Å². The molecule has 0 bridgehead atoms.